The van der Waals surface area contributed by atoms with E-state index in [0.29, 0.717) is 12.6 Å². The highest BCUT2D eigenvalue weighted by molar-refractivity contribution is 5.78. The van der Waals surface area contributed by atoms with Crippen LogP contribution in [0.1, 0.15) is 19.8 Å². The van der Waals surface area contributed by atoms with Crippen LogP contribution in [0.25, 0.3) is 0 Å². The fraction of sp³-hybridized carbons (Fsp3) is 0.909. The lowest BCUT2D eigenvalue weighted by atomic mass is 9.94. The van der Waals surface area contributed by atoms with Crippen LogP contribution in [0, 0.1) is 0 Å². The zero-order valence-corrected chi connectivity index (χ0v) is 9.87. The monoisotopic (exact) mass is 227 g/mol. The summed E-state index contributed by atoms with van der Waals surface area (Å²) in [4.78, 5) is 13.8. The van der Waals surface area contributed by atoms with Crippen molar-refractivity contribution in [2.24, 2.45) is 5.73 Å². The van der Waals surface area contributed by atoms with Gasteiger partial charge in [0.1, 0.15) is 0 Å². The molecule has 2 rings (SSSR count). The first-order valence-electron chi connectivity index (χ1n) is 5.93. The average molecular weight is 227 g/mol. The van der Waals surface area contributed by atoms with E-state index >= 15 is 0 Å². The second kappa shape index (κ2) is 4.69. The third kappa shape index (κ3) is 3.17. The van der Waals surface area contributed by atoms with Gasteiger partial charge in [-0.2, -0.15) is 0 Å². The van der Waals surface area contributed by atoms with E-state index in [0.717, 1.165) is 39.1 Å². The van der Waals surface area contributed by atoms with Gasteiger partial charge < -0.3 is 15.8 Å². The van der Waals surface area contributed by atoms with Crippen molar-refractivity contribution in [3.8, 4) is 0 Å². The van der Waals surface area contributed by atoms with Gasteiger partial charge in [0.25, 0.3) is 0 Å². The standard InChI is InChI=1S/C11H21N3O2/c1-11(12)7-14(8-11)6-10(15)13-9-2-4-16-5-3-9/h9H,2-8,12H2,1H3,(H,13,15). The SMILES string of the molecule is CC1(N)CN(CC(=O)NC2CCOCC2)C1. The predicted octanol–water partition coefficient (Wildman–Crippen LogP) is -0.685. The Hall–Kier alpha value is -0.650. The minimum Gasteiger partial charge on any atom is -0.381 e. The number of nitrogens with two attached hydrogens (primary N) is 1. The molecule has 0 bridgehead atoms. The average Bonchev–Trinajstić information content (AvgIpc) is 2.16. The van der Waals surface area contributed by atoms with E-state index in [1.54, 1.807) is 0 Å². The first kappa shape index (κ1) is 11.8. The molecule has 2 saturated heterocycles. The van der Waals surface area contributed by atoms with Crippen molar-refractivity contribution in [1.29, 1.82) is 0 Å². The summed E-state index contributed by atoms with van der Waals surface area (Å²) in [6.45, 7) is 5.64. The van der Waals surface area contributed by atoms with Gasteiger partial charge in [0, 0.05) is 37.9 Å². The van der Waals surface area contributed by atoms with Crippen molar-refractivity contribution in [3.05, 3.63) is 0 Å². The molecule has 3 N–H and O–H groups in total. The first-order chi connectivity index (χ1) is 7.55. The second-order valence-corrected chi connectivity index (χ2v) is 5.25. The lowest BCUT2D eigenvalue weighted by Gasteiger charge is -2.45. The molecule has 0 aromatic rings. The number of nitrogens with one attached hydrogen (secondary N) is 1. The van der Waals surface area contributed by atoms with E-state index in [2.05, 4.69) is 10.2 Å². The van der Waals surface area contributed by atoms with E-state index in [4.69, 9.17) is 10.5 Å². The molecule has 16 heavy (non-hydrogen) atoms. The van der Waals surface area contributed by atoms with Crippen molar-refractivity contribution >= 4 is 5.91 Å². The number of nitrogens with zero attached hydrogens (tertiary/aromatic N) is 1. The molecule has 2 aliphatic heterocycles. The number of hydrogen-bond acceptors (Lipinski definition) is 4. The maximum Gasteiger partial charge on any atom is 0.234 e. The Balaban J connectivity index is 1.65. The molecule has 5 heteroatoms. The minimum absolute atomic E-state index is 0.0983. The van der Waals surface area contributed by atoms with Gasteiger partial charge in [0.2, 0.25) is 5.91 Å². The lowest BCUT2D eigenvalue weighted by molar-refractivity contribution is -0.125. The fourth-order valence-corrected chi connectivity index (χ4v) is 2.41. The number of carbonyl (C=O) groups excluding carboxylic acids is 1. The Labute approximate surface area is 96.3 Å². The van der Waals surface area contributed by atoms with Crippen LogP contribution in [0.2, 0.25) is 0 Å². The second-order valence-electron chi connectivity index (χ2n) is 5.25. The summed E-state index contributed by atoms with van der Waals surface area (Å²) in [6, 6.07) is 0.298. The van der Waals surface area contributed by atoms with Crippen LogP contribution in [0.3, 0.4) is 0 Å². The van der Waals surface area contributed by atoms with E-state index < -0.39 is 0 Å². The lowest BCUT2D eigenvalue weighted by Crippen LogP contribution is -2.66. The summed E-state index contributed by atoms with van der Waals surface area (Å²) >= 11 is 0. The highest BCUT2D eigenvalue weighted by Crippen LogP contribution is 2.16. The molecule has 0 spiro atoms. The summed E-state index contributed by atoms with van der Waals surface area (Å²) in [5, 5.41) is 3.04. The predicted molar refractivity (Wildman–Crippen MR) is 61.0 cm³/mol. The largest absolute Gasteiger partial charge is 0.381 e. The number of carbonyl (C=O) groups is 1. The Morgan fingerprint density at radius 2 is 2.12 bits per heavy atom. The van der Waals surface area contributed by atoms with Gasteiger partial charge in [-0.05, 0) is 19.8 Å². The van der Waals surface area contributed by atoms with Gasteiger partial charge in [0.05, 0.1) is 6.54 Å². The van der Waals surface area contributed by atoms with Crippen molar-refractivity contribution in [2.75, 3.05) is 32.8 Å². The highest BCUT2D eigenvalue weighted by atomic mass is 16.5. The molecule has 0 atom stereocenters. The molecular formula is C11H21N3O2. The van der Waals surface area contributed by atoms with Crippen LogP contribution in [0.15, 0.2) is 0 Å². The molecular weight excluding hydrogens is 206 g/mol. The van der Waals surface area contributed by atoms with Crippen molar-refractivity contribution in [3.63, 3.8) is 0 Å². The smallest absolute Gasteiger partial charge is 0.234 e. The number of ether oxygens (including phenoxy) is 1. The van der Waals surface area contributed by atoms with Gasteiger partial charge in [-0.25, -0.2) is 0 Å². The Morgan fingerprint density at radius 1 is 1.50 bits per heavy atom. The number of hydrogen-bond donors (Lipinski definition) is 2. The highest BCUT2D eigenvalue weighted by Gasteiger charge is 2.35. The van der Waals surface area contributed by atoms with E-state index in [1.165, 1.54) is 0 Å². The quantitative estimate of drug-likeness (QED) is 0.670. The topological polar surface area (TPSA) is 67.6 Å². The maximum absolute atomic E-state index is 11.7. The number of amides is 1. The van der Waals surface area contributed by atoms with Crippen LogP contribution in [0.4, 0.5) is 0 Å². The van der Waals surface area contributed by atoms with Crippen LogP contribution in [-0.4, -0.2) is 55.2 Å². The van der Waals surface area contributed by atoms with E-state index in [9.17, 15) is 4.79 Å². The van der Waals surface area contributed by atoms with Gasteiger partial charge in [-0.3, -0.25) is 9.69 Å². The number of likely N-dealkylation sites (tertiary alicyclic amines) is 1. The van der Waals surface area contributed by atoms with Gasteiger partial charge in [-0.1, -0.05) is 0 Å². The molecule has 0 radical (unpaired) electrons. The summed E-state index contributed by atoms with van der Waals surface area (Å²) in [5.74, 6) is 0.113. The molecule has 0 aromatic carbocycles. The van der Waals surface area contributed by atoms with Crippen LogP contribution < -0.4 is 11.1 Å². The third-order valence-electron chi connectivity index (χ3n) is 3.12. The van der Waals surface area contributed by atoms with Gasteiger partial charge in [-0.15, -0.1) is 0 Å². The first-order valence-corrected chi connectivity index (χ1v) is 5.93. The zero-order chi connectivity index (χ0) is 11.6. The van der Waals surface area contributed by atoms with Crippen molar-refractivity contribution in [2.45, 2.75) is 31.3 Å². The van der Waals surface area contributed by atoms with Crippen LogP contribution in [-0.2, 0) is 9.53 Å². The van der Waals surface area contributed by atoms with Gasteiger partial charge >= 0.3 is 0 Å². The molecule has 1 amide bonds. The number of rotatable bonds is 3. The minimum atomic E-state index is -0.0983. The Morgan fingerprint density at radius 3 is 2.69 bits per heavy atom. The summed E-state index contributed by atoms with van der Waals surface area (Å²) in [6.07, 6.45) is 1.86. The molecule has 0 saturated carbocycles. The van der Waals surface area contributed by atoms with E-state index in [-0.39, 0.29) is 11.4 Å². The summed E-state index contributed by atoms with van der Waals surface area (Å²) < 4.78 is 5.24. The molecule has 0 unspecified atom stereocenters. The maximum atomic E-state index is 11.7. The summed E-state index contributed by atoms with van der Waals surface area (Å²) in [5.41, 5.74) is 5.78. The van der Waals surface area contributed by atoms with Gasteiger partial charge in [0.15, 0.2) is 0 Å². The summed E-state index contributed by atoms with van der Waals surface area (Å²) in [7, 11) is 0. The van der Waals surface area contributed by atoms with Crippen molar-refractivity contribution in [1.82, 2.24) is 10.2 Å². The van der Waals surface area contributed by atoms with Crippen LogP contribution in [0.5, 0.6) is 0 Å². The third-order valence-corrected chi connectivity index (χ3v) is 3.12. The molecule has 5 nitrogen and oxygen atoms in total. The molecule has 2 fully saturated rings. The van der Waals surface area contributed by atoms with Crippen molar-refractivity contribution < 1.29 is 9.53 Å². The fourth-order valence-electron chi connectivity index (χ4n) is 2.41. The van der Waals surface area contributed by atoms with Crippen LogP contribution >= 0.6 is 0 Å². The molecule has 2 heterocycles. The molecule has 0 aromatic heterocycles. The van der Waals surface area contributed by atoms with E-state index in [1.807, 2.05) is 6.92 Å². The molecule has 92 valence electrons. The molecule has 2 aliphatic rings. The zero-order valence-electron chi connectivity index (χ0n) is 9.87. The normalized spacial score (nSPS) is 26.1. The molecule has 0 aliphatic carbocycles. The Kier molecular flexibility index (Phi) is 3.47. The Bertz CT molecular complexity index is 254.